The van der Waals surface area contributed by atoms with E-state index in [4.69, 9.17) is 4.74 Å². The highest BCUT2D eigenvalue weighted by Crippen LogP contribution is 2.53. The van der Waals surface area contributed by atoms with Crippen molar-refractivity contribution in [3.63, 3.8) is 0 Å². The van der Waals surface area contributed by atoms with Crippen LogP contribution in [0.15, 0.2) is 29.3 Å². The summed E-state index contributed by atoms with van der Waals surface area (Å²) in [5.74, 6) is -0.271. The number of methoxy groups -OCH3 is 1. The molecule has 1 spiro atoms. The molecule has 2 aliphatic carbocycles. The fraction of sp³-hybridized carbons (Fsp3) is 0.667. The van der Waals surface area contributed by atoms with Crippen LogP contribution < -0.4 is 5.32 Å². The molecule has 1 aromatic carbocycles. The van der Waals surface area contributed by atoms with Gasteiger partial charge in [-0.15, -0.1) is 0 Å². The summed E-state index contributed by atoms with van der Waals surface area (Å²) in [7, 11) is -1.86. The Hall–Kier alpha value is -2.24. The van der Waals surface area contributed by atoms with Crippen molar-refractivity contribution in [2.45, 2.75) is 107 Å². The van der Waals surface area contributed by atoms with Gasteiger partial charge in [0.1, 0.15) is 0 Å². The number of anilines is 2. The summed E-state index contributed by atoms with van der Waals surface area (Å²) >= 11 is 0. The van der Waals surface area contributed by atoms with E-state index in [1.165, 1.54) is 0 Å². The monoisotopic (exact) mass is 594 g/mol. The van der Waals surface area contributed by atoms with Gasteiger partial charge in [-0.05, 0) is 114 Å². The topological polar surface area (TPSA) is 84.4 Å². The van der Waals surface area contributed by atoms with Crippen molar-refractivity contribution in [1.29, 1.82) is 0 Å². The van der Waals surface area contributed by atoms with E-state index in [1.807, 2.05) is 0 Å². The van der Waals surface area contributed by atoms with Gasteiger partial charge >= 0.3 is 6.18 Å². The van der Waals surface area contributed by atoms with Crippen molar-refractivity contribution >= 4 is 21.5 Å². The number of hydrogen-bond donors (Lipinski definition) is 1. The van der Waals surface area contributed by atoms with Crippen molar-refractivity contribution in [3.8, 4) is 0 Å². The highest BCUT2D eigenvalue weighted by atomic mass is 32.2. The average molecular weight is 595 g/mol. The molecule has 2 aromatic rings. The molecule has 3 fully saturated rings. The zero-order valence-corrected chi connectivity index (χ0v) is 25.1. The molecule has 2 heterocycles. The van der Waals surface area contributed by atoms with E-state index in [1.54, 1.807) is 32.2 Å². The Kier molecular flexibility index (Phi) is 8.44. The van der Waals surface area contributed by atoms with Crippen LogP contribution in [0.3, 0.4) is 0 Å². The molecule has 1 aromatic heterocycles. The van der Waals surface area contributed by atoms with Gasteiger partial charge in [-0.2, -0.15) is 13.2 Å². The first-order chi connectivity index (χ1) is 19.3. The number of piperidine rings is 1. The number of nitrogens with zero attached hydrogens (tertiary/aromatic N) is 3. The second kappa shape index (κ2) is 11.4. The molecular weight excluding hydrogens is 553 g/mol. The molecule has 0 bridgehead atoms. The normalized spacial score (nSPS) is 24.0. The highest BCUT2D eigenvalue weighted by Gasteiger charge is 2.51. The van der Waals surface area contributed by atoms with Crippen LogP contribution in [0.2, 0.25) is 0 Å². The Morgan fingerprint density at radius 1 is 1.10 bits per heavy atom. The Morgan fingerprint density at radius 2 is 1.76 bits per heavy atom. The molecule has 11 heteroatoms. The number of halogens is 3. The molecule has 3 aliphatic rings. The third-order valence-electron chi connectivity index (χ3n) is 9.64. The maximum Gasteiger partial charge on any atom is 0.419 e. The first kappa shape index (κ1) is 30.2. The summed E-state index contributed by atoms with van der Waals surface area (Å²) in [5.41, 5.74) is 0.551. The van der Waals surface area contributed by atoms with Crippen LogP contribution in [0.1, 0.15) is 88.0 Å². The average Bonchev–Trinajstić information content (AvgIpc) is 2.92. The Balaban J connectivity index is 1.29. The molecule has 0 amide bonds. The number of rotatable bonds is 7. The highest BCUT2D eigenvalue weighted by molar-refractivity contribution is 7.92. The number of aromatic nitrogens is 2. The molecule has 5 rings (SSSR count). The van der Waals surface area contributed by atoms with Gasteiger partial charge < -0.3 is 15.0 Å². The summed E-state index contributed by atoms with van der Waals surface area (Å²) in [6.07, 6.45) is 2.32. The van der Waals surface area contributed by atoms with Crippen molar-refractivity contribution in [1.82, 2.24) is 14.9 Å². The standard InChI is InChI=1S/C30H41F3N4O3S/c1-19(2)37-13-11-29(12-14-37)16-24(17-29)41(38,39)23-9-10-26(20(3)15-23)35-28-34-18-25(30(31,32)33)27(36-28)21-5-7-22(40-4)8-6-21/h9-10,15,18-19,21-22,24H,5-8,11-14,16-17H2,1-4H3,(H,34,35,36). The molecule has 2 saturated carbocycles. The van der Waals surface area contributed by atoms with Crippen LogP contribution in [0.4, 0.5) is 24.8 Å². The van der Waals surface area contributed by atoms with E-state index >= 15 is 0 Å². The van der Waals surface area contributed by atoms with Gasteiger partial charge in [0.05, 0.1) is 27.5 Å². The lowest BCUT2D eigenvalue weighted by Gasteiger charge is -2.52. The van der Waals surface area contributed by atoms with Crippen LogP contribution in [-0.4, -0.2) is 60.9 Å². The maximum absolute atomic E-state index is 13.8. The van der Waals surface area contributed by atoms with Gasteiger partial charge in [0.15, 0.2) is 9.84 Å². The van der Waals surface area contributed by atoms with Gasteiger partial charge in [0.2, 0.25) is 5.95 Å². The number of aryl methyl sites for hydroxylation is 1. The molecule has 41 heavy (non-hydrogen) atoms. The smallest absolute Gasteiger partial charge is 0.381 e. The number of ether oxygens (including phenoxy) is 1. The molecule has 0 radical (unpaired) electrons. The number of benzene rings is 1. The lowest BCUT2D eigenvalue weighted by Crippen LogP contribution is -2.52. The minimum Gasteiger partial charge on any atom is -0.381 e. The lowest BCUT2D eigenvalue weighted by atomic mass is 9.63. The maximum atomic E-state index is 13.8. The van der Waals surface area contributed by atoms with Crippen molar-refractivity contribution in [2.24, 2.45) is 5.41 Å². The molecule has 7 nitrogen and oxygen atoms in total. The fourth-order valence-corrected chi connectivity index (χ4v) is 9.00. The zero-order valence-electron chi connectivity index (χ0n) is 24.3. The Labute approximate surface area is 241 Å². The van der Waals surface area contributed by atoms with Crippen LogP contribution in [-0.2, 0) is 20.8 Å². The van der Waals surface area contributed by atoms with E-state index in [9.17, 15) is 21.6 Å². The van der Waals surface area contributed by atoms with Gasteiger partial charge in [0, 0.05) is 31.0 Å². The molecular formula is C30H41F3N4O3S. The van der Waals surface area contributed by atoms with Crippen molar-refractivity contribution < 1.29 is 26.3 Å². The number of sulfone groups is 1. The molecule has 1 N–H and O–H groups in total. The summed E-state index contributed by atoms with van der Waals surface area (Å²) in [4.78, 5) is 11.0. The first-order valence-electron chi connectivity index (χ1n) is 14.6. The fourth-order valence-electron chi connectivity index (χ4n) is 6.87. The predicted molar refractivity (Wildman–Crippen MR) is 152 cm³/mol. The summed E-state index contributed by atoms with van der Waals surface area (Å²) in [5, 5.41) is 2.66. The van der Waals surface area contributed by atoms with Gasteiger partial charge in [-0.3, -0.25) is 0 Å². The first-order valence-corrected chi connectivity index (χ1v) is 16.2. The zero-order chi connectivity index (χ0) is 29.6. The summed E-state index contributed by atoms with van der Waals surface area (Å²) < 4.78 is 73.7. The Bertz CT molecular complexity index is 1340. The second-order valence-corrected chi connectivity index (χ2v) is 14.7. The number of alkyl halides is 3. The number of nitrogens with one attached hydrogen (secondary N) is 1. The van der Waals surface area contributed by atoms with E-state index in [2.05, 4.69) is 34.0 Å². The number of hydrogen-bond acceptors (Lipinski definition) is 7. The third kappa shape index (κ3) is 6.27. The minimum absolute atomic E-state index is 0.000422. The second-order valence-electron chi connectivity index (χ2n) is 12.5. The molecule has 226 valence electrons. The summed E-state index contributed by atoms with van der Waals surface area (Å²) in [6, 6.07) is 5.38. The van der Waals surface area contributed by atoms with Crippen LogP contribution in [0.25, 0.3) is 0 Å². The van der Waals surface area contributed by atoms with Crippen molar-refractivity contribution in [3.05, 3.63) is 41.2 Å². The Morgan fingerprint density at radius 3 is 2.32 bits per heavy atom. The van der Waals surface area contributed by atoms with E-state index in [0.717, 1.165) is 32.1 Å². The predicted octanol–water partition coefficient (Wildman–Crippen LogP) is 6.65. The molecule has 1 saturated heterocycles. The molecule has 0 unspecified atom stereocenters. The minimum atomic E-state index is -4.55. The van der Waals surface area contributed by atoms with Crippen LogP contribution in [0, 0.1) is 12.3 Å². The SMILES string of the molecule is COC1CCC(c2nc(Nc3ccc(S(=O)(=O)C4CC5(CCN(C(C)C)CC5)C4)cc3C)ncc2C(F)(F)F)CC1. The van der Waals surface area contributed by atoms with E-state index in [-0.39, 0.29) is 39.2 Å². The third-order valence-corrected chi connectivity index (χ3v) is 11.8. The van der Waals surface area contributed by atoms with E-state index in [0.29, 0.717) is 55.8 Å². The van der Waals surface area contributed by atoms with Gasteiger partial charge in [-0.25, -0.2) is 18.4 Å². The number of likely N-dealkylation sites (tertiary alicyclic amines) is 1. The van der Waals surface area contributed by atoms with E-state index < -0.39 is 21.6 Å². The van der Waals surface area contributed by atoms with Crippen LogP contribution >= 0.6 is 0 Å². The van der Waals surface area contributed by atoms with Gasteiger partial charge in [-0.1, -0.05) is 0 Å². The van der Waals surface area contributed by atoms with Crippen LogP contribution in [0.5, 0.6) is 0 Å². The molecule has 1 aliphatic heterocycles. The lowest BCUT2D eigenvalue weighted by molar-refractivity contribution is -0.139. The van der Waals surface area contributed by atoms with Crippen molar-refractivity contribution in [2.75, 3.05) is 25.5 Å². The quantitative estimate of drug-likeness (QED) is 0.384. The largest absolute Gasteiger partial charge is 0.419 e. The molecule has 0 atom stereocenters. The van der Waals surface area contributed by atoms with Gasteiger partial charge in [0.25, 0.3) is 0 Å². The summed E-state index contributed by atoms with van der Waals surface area (Å²) in [6.45, 7) is 8.22.